The minimum Gasteiger partial charge on any atom is -0.487 e. The molecule has 2 heterocycles. The molecule has 0 aliphatic carbocycles. The number of nitrogens with one attached hydrogen (secondary N) is 1. The molecule has 4 aromatic rings. The van der Waals surface area contributed by atoms with Crippen molar-refractivity contribution in [2.45, 2.75) is 33.5 Å². The van der Waals surface area contributed by atoms with Crippen LogP contribution in [-0.4, -0.2) is 25.5 Å². The molecule has 0 radical (unpaired) electrons. The summed E-state index contributed by atoms with van der Waals surface area (Å²) in [4.78, 5) is 12.6. The van der Waals surface area contributed by atoms with Crippen molar-refractivity contribution in [1.82, 2.24) is 19.6 Å². The van der Waals surface area contributed by atoms with E-state index in [9.17, 15) is 4.79 Å². The van der Waals surface area contributed by atoms with Gasteiger partial charge in [0.1, 0.15) is 12.4 Å². The highest BCUT2D eigenvalue weighted by Crippen LogP contribution is 2.26. The first-order chi connectivity index (χ1) is 15.5. The van der Waals surface area contributed by atoms with Crippen LogP contribution in [0.5, 0.6) is 5.75 Å². The number of carbonyl (C=O) groups is 1. The van der Waals surface area contributed by atoms with Crippen LogP contribution in [0, 0.1) is 6.92 Å². The zero-order valence-electron chi connectivity index (χ0n) is 18.0. The molecule has 2 aromatic carbocycles. The second-order valence-electron chi connectivity index (χ2n) is 7.50. The van der Waals surface area contributed by atoms with Crippen LogP contribution in [0.15, 0.2) is 67.3 Å². The van der Waals surface area contributed by atoms with Crippen LogP contribution >= 0.6 is 11.6 Å². The average Bonchev–Trinajstić information content (AvgIpc) is 3.44. The molecule has 0 spiro atoms. The number of amides is 1. The van der Waals surface area contributed by atoms with Gasteiger partial charge in [0.2, 0.25) is 0 Å². The summed E-state index contributed by atoms with van der Waals surface area (Å²) in [5.41, 5.74) is 4.27. The van der Waals surface area contributed by atoms with Crippen molar-refractivity contribution < 1.29 is 9.53 Å². The molecule has 1 N–H and O–H groups in total. The monoisotopic (exact) mass is 449 g/mol. The molecule has 8 heteroatoms. The first-order valence-corrected chi connectivity index (χ1v) is 10.7. The maximum absolute atomic E-state index is 12.6. The number of aromatic nitrogens is 4. The molecule has 1 amide bonds. The van der Waals surface area contributed by atoms with E-state index < -0.39 is 0 Å². The van der Waals surface area contributed by atoms with Crippen LogP contribution < -0.4 is 10.1 Å². The fourth-order valence-electron chi connectivity index (χ4n) is 3.20. The summed E-state index contributed by atoms with van der Waals surface area (Å²) in [7, 11) is 0. The quantitative estimate of drug-likeness (QED) is 0.413. The Labute approximate surface area is 191 Å². The topological polar surface area (TPSA) is 74.0 Å². The van der Waals surface area contributed by atoms with E-state index in [1.54, 1.807) is 29.2 Å². The molecule has 0 atom stereocenters. The van der Waals surface area contributed by atoms with E-state index in [0.29, 0.717) is 35.2 Å². The summed E-state index contributed by atoms with van der Waals surface area (Å²) in [6.07, 6.45) is 7.24. The van der Waals surface area contributed by atoms with Gasteiger partial charge in [0.25, 0.3) is 5.91 Å². The SMILES string of the molecule is CCn1cc(Cn2cc(NC(=O)c3ccc(COc4cc(C)ccc4Cl)cc3)cn2)cn1. The van der Waals surface area contributed by atoms with E-state index in [2.05, 4.69) is 15.5 Å². The van der Waals surface area contributed by atoms with Gasteiger partial charge < -0.3 is 10.1 Å². The lowest BCUT2D eigenvalue weighted by Crippen LogP contribution is -2.11. The largest absolute Gasteiger partial charge is 0.487 e. The van der Waals surface area contributed by atoms with Crippen LogP contribution in [-0.2, 0) is 19.7 Å². The second kappa shape index (κ2) is 9.70. The van der Waals surface area contributed by atoms with Crippen molar-refractivity contribution in [2.24, 2.45) is 0 Å². The summed E-state index contributed by atoms with van der Waals surface area (Å²) in [6.45, 7) is 5.81. The molecule has 7 nitrogen and oxygen atoms in total. The molecule has 0 aliphatic heterocycles. The van der Waals surface area contributed by atoms with Crippen molar-refractivity contribution in [3.05, 3.63) is 94.5 Å². The number of rotatable bonds is 8. The predicted octanol–water partition coefficient (Wildman–Crippen LogP) is 4.94. The second-order valence-corrected chi connectivity index (χ2v) is 7.91. The Bertz CT molecular complexity index is 1210. The van der Waals surface area contributed by atoms with Gasteiger partial charge >= 0.3 is 0 Å². The zero-order chi connectivity index (χ0) is 22.5. The highest BCUT2D eigenvalue weighted by molar-refractivity contribution is 6.32. The molecule has 32 heavy (non-hydrogen) atoms. The fourth-order valence-corrected chi connectivity index (χ4v) is 3.37. The van der Waals surface area contributed by atoms with Gasteiger partial charge in [0, 0.05) is 30.1 Å². The van der Waals surface area contributed by atoms with Crippen LogP contribution in [0.4, 0.5) is 5.69 Å². The summed E-state index contributed by atoms with van der Waals surface area (Å²) in [5.74, 6) is 0.449. The maximum atomic E-state index is 12.6. The zero-order valence-corrected chi connectivity index (χ0v) is 18.7. The number of nitrogens with zero attached hydrogens (tertiary/aromatic N) is 4. The molecule has 0 unspecified atom stereocenters. The highest BCUT2D eigenvalue weighted by Gasteiger charge is 2.09. The molecule has 0 saturated carbocycles. The van der Waals surface area contributed by atoms with Gasteiger partial charge in [-0.05, 0) is 49.2 Å². The molecule has 0 bridgehead atoms. The van der Waals surface area contributed by atoms with E-state index in [1.165, 1.54) is 0 Å². The standard InChI is InChI=1S/C24H24ClN5O2/c1-3-29-13-19(11-26-29)14-30-15-21(12-27-30)28-24(31)20-7-5-18(6-8-20)16-32-23-10-17(2)4-9-22(23)25/h4-13,15H,3,14,16H2,1-2H3,(H,28,31). The Morgan fingerprint density at radius 2 is 1.81 bits per heavy atom. The van der Waals surface area contributed by atoms with Gasteiger partial charge in [0.05, 0.1) is 29.6 Å². The first kappa shape index (κ1) is 21.6. The molecular weight excluding hydrogens is 426 g/mol. The van der Waals surface area contributed by atoms with Crippen molar-refractivity contribution in [1.29, 1.82) is 0 Å². The van der Waals surface area contributed by atoms with Gasteiger partial charge in [-0.25, -0.2) is 0 Å². The van der Waals surface area contributed by atoms with E-state index in [0.717, 1.165) is 23.2 Å². The Morgan fingerprint density at radius 3 is 2.56 bits per heavy atom. The summed E-state index contributed by atoms with van der Waals surface area (Å²) in [5, 5.41) is 12.0. The Hall–Kier alpha value is -3.58. The highest BCUT2D eigenvalue weighted by atomic mass is 35.5. The number of anilines is 1. The third-order valence-electron chi connectivity index (χ3n) is 4.94. The summed E-state index contributed by atoms with van der Waals surface area (Å²) in [6, 6.07) is 12.9. The third-order valence-corrected chi connectivity index (χ3v) is 5.26. The average molecular weight is 450 g/mol. The Morgan fingerprint density at radius 1 is 1.03 bits per heavy atom. The van der Waals surface area contributed by atoms with Crippen LogP contribution in [0.25, 0.3) is 0 Å². The van der Waals surface area contributed by atoms with E-state index in [-0.39, 0.29) is 5.91 Å². The summed E-state index contributed by atoms with van der Waals surface area (Å²) < 4.78 is 9.44. The van der Waals surface area contributed by atoms with Crippen molar-refractivity contribution in [3.8, 4) is 5.75 Å². The van der Waals surface area contributed by atoms with Crippen LogP contribution in [0.3, 0.4) is 0 Å². The number of carbonyl (C=O) groups excluding carboxylic acids is 1. The predicted molar refractivity (Wildman–Crippen MR) is 124 cm³/mol. The number of ether oxygens (including phenoxy) is 1. The minimum absolute atomic E-state index is 0.197. The Balaban J connectivity index is 1.33. The van der Waals surface area contributed by atoms with Crippen molar-refractivity contribution in [3.63, 3.8) is 0 Å². The van der Waals surface area contributed by atoms with Gasteiger partial charge in [-0.3, -0.25) is 14.2 Å². The number of hydrogen-bond acceptors (Lipinski definition) is 4. The smallest absolute Gasteiger partial charge is 0.255 e. The van der Waals surface area contributed by atoms with E-state index in [1.807, 2.05) is 61.3 Å². The van der Waals surface area contributed by atoms with Crippen LogP contribution in [0.1, 0.15) is 34.0 Å². The fraction of sp³-hybridized carbons (Fsp3) is 0.208. The molecular formula is C24H24ClN5O2. The minimum atomic E-state index is -0.197. The lowest BCUT2D eigenvalue weighted by Gasteiger charge is -2.09. The van der Waals surface area contributed by atoms with Gasteiger partial charge in [0.15, 0.2) is 0 Å². The maximum Gasteiger partial charge on any atom is 0.255 e. The number of hydrogen-bond donors (Lipinski definition) is 1. The lowest BCUT2D eigenvalue weighted by molar-refractivity contribution is 0.102. The van der Waals surface area contributed by atoms with Gasteiger partial charge in [-0.1, -0.05) is 29.8 Å². The van der Waals surface area contributed by atoms with E-state index >= 15 is 0 Å². The van der Waals surface area contributed by atoms with E-state index in [4.69, 9.17) is 16.3 Å². The molecule has 0 saturated heterocycles. The molecule has 164 valence electrons. The van der Waals surface area contributed by atoms with Crippen molar-refractivity contribution >= 4 is 23.2 Å². The normalized spacial score (nSPS) is 10.8. The summed E-state index contributed by atoms with van der Waals surface area (Å²) >= 11 is 6.17. The van der Waals surface area contributed by atoms with Crippen molar-refractivity contribution in [2.75, 3.05) is 5.32 Å². The number of aryl methyl sites for hydroxylation is 2. The molecule has 4 rings (SSSR count). The van der Waals surface area contributed by atoms with Gasteiger partial charge in [-0.15, -0.1) is 0 Å². The Kier molecular flexibility index (Phi) is 6.56. The first-order valence-electron chi connectivity index (χ1n) is 10.3. The third kappa shape index (κ3) is 5.36. The molecule has 0 aliphatic rings. The van der Waals surface area contributed by atoms with Gasteiger partial charge in [-0.2, -0.15) is 10.2 Å². The number of halogens is 1. The lowest BCUT2D eigenvalue weighted by atomic mass is 10.1. The molecule has 0 fully saturated rings. The molecule has 2 aromatic heterocycles. The van der Waals surface area contributed by atoms with Crippen LogP contribution in [0.2, 0.25) is 5.02 Å². The number of benzene rings is 2.